The molecule has 3 atom stereocenters. The van der Waals surface area contributed by atoms with Gasteiger partial charge in [-0.05, 0) is 46.5 Å². The number of likely N-dealkylation sites (tertiary alicyclic amines) is 1. The molecule has 132 valence electrons. The normalized spacial score (nSPS) is 31.1. The first-order valence-corrected chi connectivity index (χ1v) is 8.48. The molecule has 1 aliphatic carbocycles. The number of carbonyl (C=O) groups is 2. The van der Waals surface area contributed by atoms with Crippen LogP contribution in [-0.4, -0.2) is 52.3 Å². The molecule has 0 bridgehead atoms. The summed E-state index contributed by atoms with van der Waals surface area (Å²) in [6.07, 6.45) is 1.69. The molecule has 1 heterocycles. The molecule has 0 aromatic heterocycles. The van der Waals surface area contributed by atoms with Gasteiger partial charge in [0.25, 0.3) is 0 Å². The molecule has 3 unspecified atom stereocenters. The molecule has 2 N–H and O–H groups in total. The zero-order chi connectivity index (χ0) is 17.4. The molecular weight excluding hydrogens is 296 g/mol. The van der Waals surface area contributed by atoms with Gasteiger partial charge >= 0.3 is 6.09 Å². The van der Waals surface area contributed by atoms with Crippen LogP contribution in [0.2, 0.25) is 0 Å². The maximum absolute atomic E-state index is 12.6. The van der Waals surface area contributed by atoms with E-state index in [-0.39, 0.29) is 23.4 Å². The van der Waals surface area contributed by atoms with Gasteiger partial charge in [0, 0.05) is 12.0 Å². The average molecular weight is 326 g/mol. The Bertz CT molecular complexity index is 470. The SMILES string of the molecule is CC(C)(C)OC(=O)NC1CCC(O)CC1N1CCC(C)(C)C1=O. The Hall–Kier alpha value is -1.30. The summed E-state index contributed by atoms with van der Waals surface area (Å²) in [5.74, 6) is 0.104. The van der Waals surface area contributed by atoms with Crippen LogP contribution in [-0.2, 0) is 9.53 Å². The largest absolute Gasteiger partial charge is 0.444 e. The van der Waals surface area contributed by atoms with Crippen molar-refractivity contribution in [3.05, 3.63) is 0 Å². The summed E-state index contributed by atoms with van der Waals surface area (Å²) in [6, 6.07) is -0.341. The lowest BCUT2D eigenvalue weighted by atomic mass is 9.86. The standard InChI is InChI=1S/C17H30N2O4/c1-16(2,3)23-15(22)18-12-7-6-11(20)10-13(12)19-9-8-17(4,5)14(19)21/h11-13,20H,6-10H2,1-5H3,(H,18,22). The van der Waals surface area contributed by atoms with E-state index in [1.807, 2.05) is 39.5 Å². The number of carbonyl (C=O) groups excluding carboxylic acids is 2. The highest BCUT2D eigenvalue weighted by Gasteiger charge is 2.45. The summed E-state index contributed by atoms with van der Waals surface area (Å²) in [6.45, 7) is 10.0. The zero-order valence-electron chi connectivity index (χ0n) is 14.9. The first-order chi connectivity index (χ1) is 10.5. The Balaban J connectivity index is 2.08. The number of hydrogen-bond donors (Lipinski definition) is 2. The van der Waals surface area contributed by atoms with Crippen molar-refractivity contribution >= 4 is 12.0 Å². The van der Waals surface area contributed by atoms with E-state index in [4.69, 9.17) is 4.74 Å². The zero-order valence-corrected chi connectivity index (χ0v) is 14.9. The molecule has 0 aromatic carbocycles. The number of hydrogen-bond acceptors (Lipinski definition) is 4. The van der Waals surface area contributed by atoms with Gasteiger partial charge in [0.1, 0.15) is 5.60 Å². The highest BCUT2D eigenvalue weighted by molar-refractivity contribution is 5.84. The van der Waals surface area contributed by atoms with E-state index in [9.17, 15) is 14.7 Å². The summed E-state index contributed by atoms with van der Waals surface area (Å²) >= 11 is 0. The smallest absolute Gasteiger partial charge is 0.407 e. The Morgan fingerprint density at radius 1 is 1.35 bits per heavy atom. The molecule has 6 nitrogen and oxygen atoms in total. The molecule has 1 saturated heterocycles. The van der Waals surface area contributed by atoms with Crippen LogP contribution < -0.4 is 5.32 Å². The number of nitrogens with one attached hydrogen (secondary N) is 1. The van der Waals surface area contributed by atoms with E-state index in [0.717, 1.165) is 6.42 Å². The third-order valence-corrected chi connectivity index (χ3v) is 4.71. The molecule has 6 heteroatoms. The Morgan fingerprint density at radius 2 is 2.00 bits per heavy atom. The van der Waals surface area contributed by atoms with E-state index >= 15 is 0 Å². The quantitative estimate of drug-likeness (QED) is 0.814. The number of rotatable bonds is 2. The molecule has 2 rings (SSSR count). The Labute approximate surface area is 138 Å². The lowest BCUT2D eigenvalue weighted by Crippen LogP contribution is -2.57. The topological polar surface area (TPSA) is 78.9 Å². The van der Waals surface area contributed by atoms with Gasteiger partial charge in [0.2, 0.25) is 5.91 Å². The molecule has 23 heavy (non-hydrogen) atoms. The molecule has 2 fully saturated rings. The van der Waals surface area contributed by atoms with Gasteiger partial charge in [-0.2, -0.15) is 0 Å². The van der Waals surface area contributed by atoms with Crippen molar-refractivity contribution in [2.45, 2.75) is 84.1 Å². The predicted octanol–water partition coefficient (Wildman–Crippen LogP) is 2.05. The highest BCUT2D eigenvalue weighted by Crippen LogP contribution is 2.35. The van der Waals surface area contributed by atoms with Crippen LogP contribution in [0.4, 0.5) is 4.79 Å². The van der Waals surface area contributed by atoms with Gasteiger partial charge in [-0.25, -0.2) is 4.79 Å². The molecule has 1 saturated carbocycles. The van der Waals surface area contributed by atoms with Crippen molar-refractivity contribution in [3.63, 3.8) is 0 Å². The number of alkyl carbamates (subject to hydrolysis) is 1. The fourth-order valence-corrected chi connectivity index (χ4v) is 3.41. The van der Waals surface area contributed by atoms with Gasteiger partial charge in [-0.1, -0.05) is 13.8 Å². The molecule has 0 radical (unpaired) electrons. The predicted molar refractivity (Wildman–Crippen MR) is 86.9 cm³/mol. The van der Waals surface area contributed by atoms with Gasteiger partial charge < -0.3 is 20.1 Å². The van der Waals surface area contributed by atoms with E-state index in [1.165, 1.54) is 0 Å². The Morgan fingerprint density at radius 3 is 2.52 bits per heavy atom. The minimum atomic E-state index is -0.556. The fourth-order valence-electron chi connectivity index (χ4n) is 3.41. The lowest BCUT2D eigenvalue weighted by Gasteiger charge is -2.40. The van der Waals surface area contributed by atoms with E-state index in [0.29, 0.717) is 25.8 Å². The van der Waals surface area contributed by atoms with E-state index < -0.39 is 17.8 Å². The highest BCUT2D eigenvalue weighted by atomic mass is 16.6. The first-order valence-electron chi connectivity index (χ1n) is 8.48. The van der Waals surface area contributed by atoms with E-state index in [1.54, 1.807) is 0 Å². The molecule has 0 aromatic rings. The summed E-state index contributed by atoms with van der Waals surface area (Å²) in [5, 5.41) is 12.9. The van der Waals surface area contributed by atoms with Gasteiger partial charge in [-0.3, -0.25) is 4.79 Å². The van der Waals surface area contributed by atoms with Gasteiger partial charge in [0.05, 0.1) is 18.2 Å². The van der Waals surface area contributed by atoms with E-state index in [2.05, 4.69) is 5.32 Å². The second-order valence-corrected chi connectivity index (χ2v) is 8.42. The minimum Gasteiger partial charge on any atom is -0.444 e. The van der Waals surface area contributed by atoms with Crippen LogP contribution in [0.25, 0.3) is 0 Å². The number of ether oxygens (including phenoxy) is 1. The third kappa shape index (κ3) is 4.37. The van der Waals surface area contributed by atoms with Crippen molar-refractivity contribution < 1.29 is 19.4 Å². The maximum Gasteiger partial charge on any atom is 0.407 e. The second-order valence-electron chi connectivity index (χ2n) is 8.42. The number of amides is 2. The molecule has 1 aliphatic heterocycles. The molecule has 0 spiro atoms. The van der Waals surface area contributed by atoms with Crippen molar-refractivity contribution in [2.75, 3.05) is 6.54 Å². The Kier molecular flexibility index (Phi) is 4.95. The molecular formula is C17H30N2O4. The van der Waals surface area contributed by atoms with Crippen LogP contribution in [0.5, 0.6) is 0 Å². The minimum absolute atomic E-state index is 0.104. The summed E-state index contributed by atoms with van der Waals surface area (Å²) < 4.78 is 5.33. The van der Waals surface area contributed by atoms with Crippen LogP contribution in [0.3, 0.4) is 0 Å². The summed E-state index contributed by atoms with van der Waals surface area (Å²) in [7, 11) is 0. The van der Waals surface area contributed by atoms with Gasteiger partial charge in [-0.15, -0.1) is 0 Å². The van der Waals surface area contributed by atoms with Crippen molar-refractivity contribution in [1.29, 1.82) is 0 Å². The van der Waals surface area contributed by atoms with Gasteiger partial charge in [0.15, 0.2) is 0 Å². The van der Waals surface area contributed by atoms with Crippen LogP contribution in [0.1, 0.15) is 60.3 Å². The number of nitrogens with zero attached hydrogens (tertiary/aromatic N) is 1. The molecule has 2 amide bonds. The lowest BCUT2D eigenvalue weighted by molar-refractivity contribution is -0.138. The summed E-state index contributed by atoms with van der Waals surface area (Å²) in [5.41, 5.74) is -0.919. The average Bonchev–Trinajstić information content (AvgIpc) is 2.65. The third-order valence-electron chi connectivity index (χ3n) is 4.71. The van der Waals surface area contributed by atoms with Crippen LogP contribution >= 0.6 is 0 Å². The number of aliphatic hydroxyl groups excluding tert-OH is 1. The van der Waals surface area contributed by atoms with Crippen LogP contribution in [0.15, 0.2) is 0 Å². The first kappa shape index (κ1) is 18.0. The maximum atomic E-state index is 12.6. The van der Waals surface area contributed by atoms with Crippen molar-refractivity contribution in [2.24, 2.45) is 5.41 Å². The summed E-state index contributed by atoms with van der Waals surface area (Å²) in [4.78, 5) is 26.5. The monoisotopic (exact) mass is 326 g/mol. The second kappa shape index (κ2) is 6.30. The van der Waals surface area contributed by atoms with Crippen molar-refractivity contribution in [3.8, 4) is 0 Å². The van der Waals surface area contributed by atoms with Crippen molar-refractivity contribution in [1.82, 2.24) is 10.2 Å². The molecule has 2 aliphatic rings. The number of aliphatic hydroxyl groups is 1. The van der Waals surface area contributed by atoms with Crippen LogP contribution in [0, 0.1) is 5.41 Å². The fraction of sp³-hybridized carbons (Fsp3) is 0.882.